The molecule has 0 aliphatic carbocycles. The Morgan fingerprint density at radius 3 is 2.00 bits per heavy atom. The predicted octanol–water partition coefficient (Wildman–Crippen LogP) is 2.86. The van der Waals surface area contributed by atoms with Crippen LogP contribution >= 0.6 is 0 Å². The summed E-state index contributed by atoms with van der Waals surface area (Å²) in [6.07, 6.45) is 0.393. The van der Waals surface area contributed by atoms with Crippen molar-refractivity contribution >= 4 is 0 Å². The molecule has 1 atom stereocenters. The average Bonchev–Trinajstić information content (AvgIpc) is 2.44. The molecule has 21 heavy (non-hydrogen) atoms. The minimum atomic E-state index is -1.33. The van der Waals surface area contributed by atoms with Crippen LogP contribution in [0.3, 0.4) is 0 Å². The van der Waals surface area contributed by atoms with E-state index in [9.17, 15) is 5.11 Å². The van der Waals surface area contributed by atoms with E-state index in [0.717, 1.165) is 0 Å². The number of nitrogens with zero attached hydrogens (tertiary/aromatic N) is 1. The van der Waals surface area contributed by atoms with Gasteiger partial charge < -0.3 is 19.3 Å². The number of nitriles is 1. The Morgan fingerprint density at radius 1 is 1.14 bits per heavy atom. The smallest absolute Gasteiger partial charge is 0.132 e. The fraction of sp³-hybridized carbons (Fsp3) is 0.562. The number of ether oxygens (including phenoxy) is 3. The largest absolute Gasteiger partial charge is 0.496 e. The van der Waals surface area contributed by atoms with Crippen LogP contribution in [-0.4, -0.2) is 26.4 Å². The molecule has 1 aromatic rings. The highest BCUT2D eigenvalue weighted by atomic mass is 16.5. The van der Waals surface area contributed by atoms with Gasteiger partial charge >= 0.3 is 0 Å². The Morgan fingerprint density at radius 2 is 1.67 bits per heavy atom. The van der Waals surface area contributed by atoms with Gasteiger partial charge in [0.05, 0.1) is 39.4 Å². The molecule has 1 aromatic carbocycles. The molecular weight excluding hydrogens is 270 g/mol. The monoisotopic (exact) mass is 293 g/mol. The van der Waals surface area contributed by atoms with Crippen molar-refractivity contribution in [2.24, 2.45) is 5.92 Å². The number of aliphatic hydroxyl groups is 1. The first-order chi connectivity index (χ1) is 9.91. The van der Waals surface area contributed by atoms with Crippen molar-refractivity contribution < 1.29 is 19.3 Å². The standard InChI is InChI=1S/C16H23NO4/c1-11(2)10-16(18,6-7-17)15-13(20-4)8-12(19-3)9-14(15)21-5/h8-9,11,18H,6,10H2,1-5H3. The topological polar surface area (TPSA) is 71.7 Å². The van der Waals surface area contributed by atoms with Gasteiger partial charge in [0.2, 0.25) is 0 Å². The number of hydrogen-bond acceptors (Lipinski definition) is 5. The van der Waals surface area contributed by atoms with Crippen LogP contribution in [0.5, 0.6) is 17.2 Å². The van der Waals surface area contributed by atoms with Crippen molar-refractivity contribution in [3.63, 3.8) is 0 Å². The minimum Gasteiger partial charge on any atom is -0.496 e. The van der Waals surface area contributed by atoms with Gasteiger partial charge in [-0.1, -0.05) is 13.8 Å². The zero-order valence-electron chi connectivity index (χ0n) is 13.3. The second kappa shape index (κ2) is 7.19. The highest BCUT2D eigenvalue weighted by Crippen LogP contribution is 2.45. The lowest BCUT2D eigenvalue weighted by Crippen LogP contribution is -2.28. The molecule has 0 heterocycles. The van der Waals surface area contributed by atoms with Gasteiger partial charge in [-0.05, 0) is 12.3 Å². The summed E-state index contributed by atoms with van der Waals surface area (Å²) in [7, 11) is 4.57. The van der Waals surface area contributed by atoms with E-state index in [4.69, 9.17) is 19.5 Å². The van der Waals surface area contributed by atoms with Crippen molar-refractivity contribution in [2.45, 2.75) is 32.3 Å². The Hall–Kier alpha value is -1.93. The van der Waals surface area contributed by atoms with E-state index in [1.54, 1.807) is 19.2 Å². The first kappa shape index (κ1) is 17.1. The first-order valence-corrected chi connectivity index (χ1v) is 6.81. The second-order valence-electron chi connectivity index (χ2n) is 5.37. The average molecular weight is 293 g/mol. The van der Waals surface area contributed by atoms with Crippen LogP contribution < -0.4 is 14.2 Å². The molecule has 0 fully saturated rings. The Balaban J connectivity index is 3.52. The quantitative estimate of drug-likeness (QED) is 0.837. The molecular formula is C16H23NO4. The van der Waals surface area contributed by atoms with Crippen LogP contribution in [0.15, 0.2) is 12.1 Å². The SMILES string of the molecule is COc1cc(OC)c(C(O)(CC#N)CC(C)C)c(OC)c1. The van der Waals surface area contributed by atoms with Gasteiger partial charge in [-0.2, -0.15) is 5.26 Å². The van der Waals surface area contributed by atoms with Crippen LogP contribution in [0.25, 0.3) is 0 Å². The molecule has 0 amide bonds. The highest BCUT2D eigenvalue weighted by Gasteiger charge is 2.36. The van der Waals surface area contributed by atoms with E-state index in [-0.39, 0.29) is 12.3 Å². The maximum absolute atomic E-state index is 11.0. The lowest BCUT2D eigenvalue weighted by molar-refractivity contribution is 0.0154. The van der Waals surface area contributed by atoms with Crippen molar-refractivity contribution in [3.8, 4) is 23.3 Å². The Kier molecular flexibility index (Phi) is 5.86. The molecule has 0 spiro atoms. The summed E-state index contributed by atoms with van der Waals surface area (Å²) in [5.74, 6) is 1.67. The van der Waals surface area contributed by atoms with E-state index in [2.05, 4.69) is 6.07 Å². The summed E-state index contributed by atoms with van der Waals surface area (Å²) in [5, 5.41) is 20.1. The molecule has 5 heteroatoms. The van der Waals surface area contributed by atoms with Crippen molar-refractivity contribution in [1.82, 2.24) is 0 Å². The third-order valence-corrected chi connectivity index (χ3v) is 3.30. The van der Waals surface area contributed by atoms with E-state index in [1.807, 2.05) is 13.8 Å². The van der Waals surface area contributed by atoms with Gasteiger partial charge in [0.15, 0.2) is 0 Å². The maximum atomic E-state index is 11.0. The molecule has 0 aliphatic rings. The van der Waals surface area contributed by atoms with Gasteiger partial charge in [-0.25, -0.2) is 0 Å². The summed E-state index contributed by atoms with van der Waals surface area (Å²) >= 11 is 0. The van der Waals surface area contributed by atoms with Crippen LogP contribution in [0, 0.1) is 17.2 Å². The van der Waals surface area contributed by atoms with Crippen LogP contribution in [0.4, 0.5) is 0 Å². The van der Waals surface area contributed by atoms with Crippen LogP contribution in [0.2, 0.25) is 0 Å². The fourth-order valence-corrected chi connectivity index (χ4v) is 2.53. The molecule has 1 N–H and O–H groups in total. The molecule has 1 unspecified atom stereocenters. The van der Waals surface area contributed by atoms with Gasteiger partial charge in [-0.15, -0.1) is 0 Å². The molecule has 0 aromatic heterocycles. The Labute approximate surface area is 126 Å². The summed E-state index contributed by atoms with van der Waals surface area (Å²) in [6.45, 7) is 3.98. The van der Waals surface area contributed by atoms with Crippen molar-refractivity contribution in [3.05, 3.63) is 17.7 Å². The van der Waals surface area contributed by atoms with Gasteiger partial charge in [0.1, 0.15) is 22.8 Å². The van der Waals surface area contributed by atoms with Crippen molar-refractivity contribution in [1.29, 1.82) is 5.26 Å². The molecule has 0 saturated carbocycles. The Bertz CT molecular complexity index is 496. The van der Waals surface area contributed by atoms with Crippen LogP contribution in [-0.2, 0) is 5.60 Å². The number of methoxy groups -OCH3 is 3. The number of benzene rings is 1. The molecule has 0 bridgehead atoms. The maximum Gasteiger partial charge on any atom is 0.132 e. The molecule has 0 radical (unpaired) electrons. The van der Waals surface area contributed by atoms with Gasteiger partial charge in [-0.3, -0.25) is 0 Å². The summed E-state index contributed by atoms with van der Waals surface area (Å²) in [6, 6.07) is 5.41. The fourth-order valence-electron chi connectivity index (χ4n) is 2.53. The molecule has 0 aliphatic heterocycles. The number of hydrogen-bond donors (Lipinski definition) is 1. The van der Waals surface area contributed by atoms with E-state index >= 15 is 0 Å². The normalized spacial score (nSPS) is 13.4. The molecule has 0 saturated heterocycles. The lowest BCUT2D eigenvalue weighted by atomic mass is 9.82. The van der Waals surface area contributed by atoms with E-state index in [0.29, 0.717) is 29.2 Å². The zero-order valence-corrected chi connectivity index (χ0v) is 13.3. The third-order valence-electron chi connectivity index (χ3n) is 3.30. The lowest BCUT2D eigenvalue weighted by Gasteiger charge is -2.31. The van der Waals surface area contributed by atoms with Gasteiger partial charge in [0.25, 0.3) is 0 Å². The third kappa shape index (κ3) is 3.79. The second-order valence-corrected chi connectivity index (χ2v) is 5.37. The van der Waals surface area contributed by atoms with Crippen LogP contribution in [0.1, 0.15) is 32.3 Å². The summed E-state index contributed by atoms with van der Waals surface area (Å²) in [4.78, 5) is 0. The molecule has 116 valence electrons. The zero-order chi connectivity index (χ0) is 16.0. The predicted molar refractivity (Wildman–Crippen MR) is 79.7 cm³/mol. The van der Waals surface area contributed by atoms with E-state index in [1.165, 1.54) is 14.2 Å². The van der Waals surface area contributed by atoms with Gasteiger partial charge in [0, 0.05) is 12.1 Å². The minimum absolute atomic E-state index is 0.0375. The molecule has 1 rings (SSSR count). The van der Waals surface area contributed by atoms with Crippen molar-refractivity contribution in [2.75, 3.05) is 21.3 Å². The first-order valence-electron chi connectivity index (χ1n) is 6.81. The highest BCUT2D eigenvalue weighted by molar-refractivity contribution is 5.54. The summed E-state index contributed by atoms with van der Waals surface area (Å²) in [5.41, 5.74) is -0.838. The van der Waals surface area contributed by atoms with E-state index < -0.39 is 5.60 Å². The summed E-state index contributed by atoms with van der Waals surface area (Å²) < 4.78 is 16.0. The number of rotatable bonds is 7. The molecule has 5 nitrogen and oxygen atoms in total.